The molecule has 0 saturated heterocycles. The summed E-state index contributed by atoms with van der Waals surface area (Å²) in [5, 5.41) is 12.6. The van der Waals surface area contributed by atoms with Gasteiger partial charge < -0.3 is 15.2 Å². The Morgan fingerprint density at radius 2 is 2.17 bits per heavy atom. The molecule has 1 aromatic carbocycles. The van der Waals surface area contributed by atoms with E-state index in [0.29, 0.717) is 18.8 Å². The number of hydrogen-bond donors (Lipinski definition) is 2. The maximum absolute atomic E-state index is 12.9. The topological polar surface area (TPSA) is 41.5 Å². The molecule has 0 amide bonds. The van der Waals surface area contributed by atoms with Crippen LogP contribution >= 0.6 is 0 Å². The minimum atomic E-state index is -0.331. The van der Waals surface area contributed by atoms with E-state index in [1.807, 2.05) is 20.8 Å². The van der Waals surface area contributed by atoms with Gasteiger partial charge in [-0.25, -0.2) is 4.39 Å². The summed E-state index contributed by atoms with van der Waals surface area (Å²) in [6, 6.07) is 4.47. The van der Waals surface area contributed by atoms with E-state index >= 15 is 0 Å². The van der Waals surface area contributed by atoms with Crippen molar-refractivity contribution in [3.63, 3.8) is 0 Å². The molecule has 0 aromatic heterocycles. The summed E-state index contributed by atoms with van der Waals surface area (Å²) in [7, 11) is 0. The number of halogens is 1. The molecule has 0 heterocycles. The van der Waals surface area contributed by atoms with Gasteiger partial charge in [0.2, 0.25) is 0 Å². The van der Waals surface area contributed by atoms with Gasteiger partial charge in [0, 0.05) is 12.0 Å². The lowest BCUT2D eigenvalue weighted by molar-refractivity contribution is 0.145. The number of hydrogen-bond acceptors (Lipinski definition) is 3. The number of likely N-dealkylation sites (N-methyl/N-ethyl adjacent to an activating group) is 1. The molecule has 102 valence electrons. The summed E-state index contributed by atoms with van der Waals surface area (Å²) in [5.41, 5.74) is 0.451. The summed E-state index contributed by atoms with van der Waals surface area (Å²) < 4.78 is 18.5. The number of nitrogens with one attached hydrogen (secondary N) is 1. The highest BCUT2D eigenvalue weighted by Gasteiger charge is 2.21. The van der Waals surface area contributed by atoms with Gasteiger partial charge in [-0.2, -0.15) is 0 Å². The van der Waals surface area contributed by atoms with Crippen LogP contribution in [0.2, 0.25) is 0 Å². The third kappa shape index (κ3) is 4.27. The van der Waals surface area contributed by atoms with Crippen LogP contribution in [0.4, 0.5) is 4.39 Å². The molecule has 1 unspecified atom stereocenters. The number of aryl methyl sites for hydroxylation is 1. The van der Waals surface area contributed by atoms with Crippen LogP contribution in [0.1, 0.15) is 25.8 Å². The highest BCUT2D eigenvalue weighted by molar-refractivity contribution is 5.32. The van der Waals surface area contributed by atoms with Crippen LogP contribution in [0.5, 0.6) is 5.75 Å². The molecule has 3 nitrogen and oxygen atoms in total. The van der Waals surface area contributed by atoms with Crippen molar-refractivity contribution in [3.05, 3.63) is 29.6 Å². The minimum absolute atomic E-state index is 0.0621. The molecule has 1 atom stereocenters. The largest absolute Gasteiger partial charge is 0.493 e. The molecule has 0 saturated carbocycles. The fourth-order valence-electron chi connectivity index (χ4n) is 1.81. The van der Waals surface area contributed by atoms with Crippen LogP contribution in [-0.4, -0.2) is 30.4 Å². The molecule has 18 heavy (non-hydrogen) atoms. The van der Waals surface area contributed by atoms with Crippen LogP contribution in [0, 0.1) is 12.7 Å². The number of benzene rings is 1. The Balaban J connectivity index is 2.50. The molecule has 0 spiro atoms. The van der Waals surface area contributed by atoms with Gasteiger partial charge in [0.05, 0.1) is 13.2 Å². The van der Waals surface area contributed by atoms with E-state index in [2.05, 4.69) is 5.32 Å². The van der Waals surface area contributed by atoms with Gasteiger partial charge in [-0.3, -0.25) is 0 Å². The summed E-state index contributed by atoms with van der Waals surface area (Å²) >= 11 is 0. The van der Waals surface area contributed by atoms with Gasteiger partial charge >= 0.3 is 0 Å². The quantitative estimate of drug-likeness (QED) is 0.785. The molecule has 0 aliphatic rings. The molecule has 0 bridgehead atoms. The molecule has 0 fully saturated rings. The van der Waals surface area contributed by atoms with E-state index < -0.39 is 0 Å². The molecule has 0 aliphatic heterocycles. The fraction of sp³-hybridized carbons (Fsp3) is 0.571. The van der Waals surface area contributed by atoms with E-state index in [4.69, 9.17) is 4.74 Å². The zero-order valence-electron chi connectivity index (χ0n) is 11.3. The Bertz CT molecular complexity index is 384. The average molecular weight is 255 g/mol. The second-order valence-electron chi connectivity index (χ2n) is 4.76. The van der Waals surface area contributed by atoms with Gasteiger partial charge in [0.25, 0.3) is 0 Å². The lowest BCUT2D eigenvalue weighted by atomic mass is 10.00. The Morgan fingerprint density at radius 3 is 2.72 bits per heavy atom. The van der Waals surface area contributed by atoms with E-state index in [0.717, 1.165) is 12.1 Å². The number of aliphatic hydroxyl groups excluding tert-OH is 1. The highest BCUT2D eigenvalue weighted by atomic mass is 19.1. The third-order valence-corrected chi connectivity index (χ3v) is 3.00. The Kier molecular flexibility index (Phi) is 5.56. The van der Waals surface area contributed by atoms with Crippen molar-refractivity contribution < 1.29 is 14.2 Å². The minimum Gasteiger partial charge on any atom is -0.493 e. The Labute approximate surface area is 108 Å². The number of ether oxygens (including phenoxy) is 1. The maximum Gasteiger partial charge on any atom is 0.123 e. The Morgan fingerprint density at radius 1 is 1.44 bits per heavy atom. The molecular formula is C14H22FNO2. The first kappa shape index (κ1) is 14.9. The summed E-state index contributed by atoms with van der Waals surface area (Å²) in [6.45, 7) is 7.11. The van der Waals surface area contributed by atoms with Gasteiger partial charge in [-0.15, -0.1) is 0 Å². The first-order valence-corrected chi connectivity index (χ1v) is 6.25. The van der Waals surface area contributed by atoms with Gasteiger partial charge in [-0.05, 0) is 44.2 Å². The van der Waals surface area contributed by atoms with Crippen LogP contribution in [0.3, 0.4) is 0 Å². The molecular weight excluding hydrogens is 233 g/mol. The van der Waals surface area contributed by atoms with E-state index in [9.17, 15) is 9.50 Å². The number of aliphatic hydroxyl groups is 1. The van der Waals surface area contributed by atoms with Crippen LogP contribution in [-0.2, 0) is 0 Å². The molecule has 2 N–H and O–H groups in total. The predicted molar refractivity (Wildman–Crippen MR) is 70.4 cm³/mol. The normalized spacial score (nSPS) is 14.3. The van der Waals surface area contributed by atoms with Crippen LogP contribution in [0.15, 0.2) is 18.2 Å². The number of rotatable bonds is 7. The van der Waals surface area contributed by atoms with Crippen molar-refractivity contribution in [1.29, 1.82) is 0 Å². The summed E-state index contributed by atoms with van der Waals surface area (Å²) in [5.74, 6) is 0.431. The van der Waals surface area contributed by atoms with Gasteiger partial charge in [-0.1, -0.05) is 6.92 Å². The lowest BCUT2D eigenvalue weighted by Gasteiger charge is -2.28. The first-order chi connectivity index (χ1) is 8.50. The van der Waals surface area contributed by atoms with Crippen LogP contribution in [0.25, 0.3) is 0 Å². The van der Waals surface area contributed by atoms with Crippen molar-refractivity contribution in [3.8, 4) is 5.75 Å². The van der Waals surface area contributed by atoms with Crippen molar-refractivity contribution in [1.82, 2.24) is 5.32 Å². The van der Waals surface area contributed by atoms with Gasteiger partial charge in [0.1, 0.15) is 11.6 Å². The van der Waals surface area contributed by atoms with Crippen molar-refractivity contribution in [2.45, 2.75) is 32.7 Å². The van der Waals surface area contributed by atoms with Crippen molar-refractivity contribution >= 4 is 0 Å². The molecule has 1 aromatic rings. The average Bonchev–Trinajstić information content (AvgIpc) is 2.32. The standard InChI is InChI=1S/C14H22FNO2/c1-4-16-14(3,10-17)7-8-18-13-6-5-12(15)9-11(13)2/h5-6,9,16-17H,4,7-8,10H2,1-3H3. The highest BCUT2D eigenvalue weighted by Crippen LogP contribution is 2.19. The van der Waals surface area contributed by atoms with Crippen LogP contribution < -0.4 is 10.1 Å². The SMILES string of the molecule is CCNC(C)(CO)CCOc1ccc(F)cc1C. The monoisotopic (exact) mass is 255 g/mol. The first-order valence-electron chi connectivity index (χ1n) is 6.25. The molecule has 1 rings (SSSR count). The van der Waals surface area contributed by atoms with Crippen molar-refractivity contribution in [2.75, 3.05) is 19.8 Å². The van der Waals surface area contributed by atoms with Gasteiger partial charge in [0.15, 0.2) is 0 Å². The van der Waals surface area contributed by atoms with E-state index in [1.165, 1.54) is 12.1 Å². The van der Waals surface area contributed by atoms with E-state index in [1.54, 1.807) is 6.07 Å². The third-order valence-electron chi connectivity index (χ3n) is 3.00. The molecule has 0 aliphatic carbocycles. The summed E-state index contributed by atoms with van der Waals surface area (Å²) in [4.78, 5) is 0. The predicted octanol–water partition coefficient (Wildman–Crippen LogP) is 2.26. The lowest BCUT2D eigenvalue weighted by Crippen LogP contribution is -2.46. The Hall–Kier alpha value is -1.13. The second-order valence-corrected chi connectivity index (χ2v) is 4.76. The zero-order valence-corrected chi connectivity index (χ0v) is 11.3. The second kappa shape index (κ2) is 6.71. The van der Waals surface area contributed by atoms with E-state index in [-0.39, 0.29) is 18.0 Å². The smallest absolute Gasteiger partial charge is 0.123 e. The zero-order chi connectivity index (χ0) is 13.6. The maximum atomic E-state index is 12.9. The summed E-state index contributed by atoms with van der Waals surface area (Å²) in [6.07, 6.45) is 0.689. The van der Waals surface area contributed by atoms with Crippen molar-refractivity contribution in [2.24, 2.45) is 0 Å². The molecule has 4 heteroatoms. The fourth-order valence-corrected chi connectivity index (χ4v) is 1.81. The molecule has 0 radical (unpaired) electrons.